The molecule has 0 amide bonds. The van der Waals surface area contributed by atoms with E-state index < -0.39 is 0 Å². The number of ether oxygens (including phenoxy) is 2. The smallest absolute Gasteiger partial charge is 0.161 e. The lowest BCUT2D eigenvalue weighted by atomic mass is 10.0. The molecule has 2 N–H and O–H groups in total. The third-order valence-electron chi connectivity index (χ3n) is 3.12. The van der Waals surface area contributed by atoms with Crippen molar-refractivity contribution in [1.82, 2.24) is 0 Å². The minimum Gasteiger partial charge on any atom is -0.486 e. The van der Waals surface area contributed by atoms with Gasteiger partial charge < -0.3 is 15.2 Å². The van der Waals surface area contributed by atoms with Crippen molar-refractivity contribution >= 4 is 24.0 Å². The molecular formula is C15H15Cl2NO2. The number of benzene rings is 2. The Kier molecular flexibility index (Phi) is 4.76. The molecule has 2 aromatic carbocycles. The first kappa shape index (κ1) is 15.0. The number of hydrogen-bond acceptors (Lipinski definition) is 3. The lowest BCUT2D eigenvalue weighted by molar-refractivity contribution is 0.171. The van der Waals surface area contributed by atoms with Crippen LogP contribution >= 0.6 is 24.0 Å². The molecule has 0 fully saturated rings. The van der Waals surface area contributed by atoms with Crippen molar-refractivity contribution in [3.8, 4) is 22.6 Å². The van der Waals surface area contributed by atoms with Crippen LogP contribution in [-0.4, -0.2) is 13.2 Å². The highest BCUT2D eigenvalue weighted by Crippen LogP contribution is 2.37. The van der Waals surface area contributed by atoms with Crippen molar-refractivity contribution in [1.29, 1.82) is 0 Å². The van der Waals surface area contributed by atoms with Crippen LogP contribution in [0.15, 0.2) is 36.4 Å². The van der Waals surface area contributed by atoms with Crippen molar-refractivity contribution in [3.63, 3.8) is 0 Å². The average molecular weight is 312 g/mol. The summed E-state index contributed by atoms with van der Waals surface area (Å²) in [4.78, 5) is 0. The van der Waals surface area contributed by atoms with Gasteiger partial charge in [-0.05, 0) is 35.4 Å². The van der Waals surface area contributed by atoms with Crippen LogP contribution in [0.2, 0.25) is 5.02 Å². The summed E-state index contributed by atoms with van der Waals surface area (Å²) < 4.78 is 11.1. The van der Waals surface area contributed by atoms with Gasteiger partial charge in [-0.2, -0.15) is 0 Å². The standard InChI is InChI=1S/C15H14ClNO2.ClH/c16-13-3-1-10(9-17)7-12(13)11-2-4-14-15(8-11)19-6-5-18-14;/h1-4,7-8H,5-6,9,17H2;1H. The summed E-state index contributed by atoms with van der Waals surface area (Å²) in [5, 5.41) is 0.703. The van der Waals surface area contributed by atoms with E-state index in [1.165, 1.54) is 0 Å². The molecule has 0 unspecified atom stereocenters. The normalized spacial score (nSPS) is 12.7. The average Bonchev–Trinajstić information content (AvgIpc) is 2.47. The van der Waals surface area contributed by atoms with Crippen LogP contribution in [0.4, 0.5) is 0 Å². The molecule has 2 aromatic rings. The first-order valence-corrected chi connectivity index (χ1v) is 6.54. The molecule has 0 aromatic heterocycles. The predicted octanol–water partition coefficient (Wildman–Crippen LogP) is 3.66. The SMILES string of the molecule is Cl.NCc1ccc(Cl)c(-c2ccc3c(c2)OCCO3)c1. The Morgan fingerprint density at radius 1 is 1.00 bits per heavy atom. The Hall–Kier alpha value is -1.42. The van der Waals surface area contributed by atoms with E-state index in [4.69, 9.17) is 26.8 Å². The summed E-state index contributed by atoms with van der Waals surface area (Å²) in [6.45, 7) is 1.66. The molecule has 0 aliphatic carbocycles. The maximum absolute atomic E-state index is 6.26. The quantitative estimate of drug-likeness (QED) is 0.920. The molecule has 0 saturated heterocycles. The predicted molar refractivity (Wildman–Crippen MR) is 83.0 cm³/mol. The maximum Gasteiger partial charge on any atom is 0.161 e. The highest BCUT2D eigenvalue weighted by molar-refractivity contribution is 6.33. The van der Waals surface area contributed by atoms with E-state index in [9.17, 15) is 0 Å². The zero-order chi connectivity index (χ0) is 13.2. The highest BCUT2D eigenvalue weighted by atomic mass is 35.5. The van der Waals surface area contributed by atoms with Crippen LogP contribution in [0.5, 0.6) is 11.5 Å². The molecule has 1 aliphatic rings. The summed E-state index contributed by atoms with van der Waals surface area (Å²) in [7, 11) is 0. The van der Waals surface area contributed by atoms with E-state index in [-0.39, 0.29) is 12.4 Å². The molecule has 0 saturated carbocycles. The Balaban J connectivity index is 0.00000147. The van der Waals surface area contributed by atoms with E-state index in [2.05, 4.69) is 0 Å². The van der Waals surface area contributed by atoms with Gasteiger partial charge in [0.2, 0.25) is 0 Å². The maximum atomic E-state index is 6.26. The van der Waals surface area contributed by atoms with Crippen LogP contribution in [0.25, 0.3) is 11.1 Å². The number of halogens is 2. The van der Waals surface area contributed by atoms with Crippen molar-refractivity contribution < 1.29 is 9.47 Å². The van der Waals surface area contributed by atoms with Gasteiger partial charge in [-0.3, -0.25) is 0 Å². The van der Waals surface area contributed by atoms with E-state index in [1.807, 2.05) is 36.4 Å². The van der Waals surface area contributed by atoms with Crippen molar-refractivity contribution in [3.05, 3.63) is 47.0 Å². The second kappa shape index (κ2) is 6.35. The number of hydrogen-bond donors (Lipinski definition) is 1. The van der Waals surface area contributed by atoms with Crippen molar-refractivity contribution in [2.24, 2.45) is 5.73 Å². The van der Waals surface area contributed by atoms with Gasteiger partial charge in [-0.1, -0.05) is 23.7 Å². The van der Waals surface area contributed by atoms with Crippen LogP contribution in [0, 0.1) is 0 Å². The molecule has 3 nitrogen and oxygen atoms in total. The fourth-order valence-electron chi connectivity index (χ4n) is 2.13. The van der Waals surface area contributed by atoms with Gasteiger partial charge in [0.25, 0.3) is 0 Å². The Labute approximate surface area is 129 Å². The molecule has 20 heavy (non-hydrogen) atoms. The Bertz CT molecular complexity index is 617. The van der Waals surface area contributed by atoms with Crippen molar-refractivity contribution in [2.45, 2.75) is 6.54 Å². The number of nitrogens with two attached hydrogens (primary N) is 1. The van der Waals surface area contributed by atoms with Gasteiger partial charge in [-0.15, -0.1) is 12.4 Å². The zero-order valence-electron chi connectivity index (χ0n) is 10.8. The molecule has 0 spiro atoms. The summed E-state index contributed by atoms with van der Waals surface area (Å²) in [6.07, 6.45) is 0. The summed E-state index contributed by atoms with van der Waals surface area (Å²) >= 11 is 6.26. The summed E-state index contributed by atoms with van der Waals surface area (Å²) in [6, 6.07) is 11.7. The van der Waals surface area contributed by atoms with Gasteiger partial charge in [0.15, 0.2) is 11.5 Å². The molecule has 0 radical (unpaired) electrons. The minimum absolute atomic E-state index is 0. The fraction of sp³-hybridized carbons (Fsp3) is 0.200. The lowest BCUT2D eigenvalue weighted by Crippen LogP contribution is -2.15. The minimum atomic E-state index is 0. The van der Waals surface area contributed by atoms with E-state index in [1.54, 1.807) is 0 Å². The van der Waals surface area contributed by atoms with E-state index in [0.29, 0.717) is 24.8 Å². The van der Waals surface area contributed by atoms with E-state index >= 15 is 0 Å². The van der Waals surface area contributed by atoms with Crippen LogP contribution < -0.4 is 15.2 Å². The van der Waals surface area contributed by atoms with Gasteiger partial charge in [0.05, 0.1) is 0 Å². The van der Waals surface area contributed by atoms with Gasteiger partial charge in [0.1, 0.15) is 13.2 Å². The topological polar surface area (TPSA) is 44.5 Å². The van der Waals surface area contributed by atoms with Crippen LogP contribution in [0.3, 0.4) is 0 Å². The monoisotopic (exact) mass is 311 g/mol. The second-order valence-corrected chi connectivity index (χ2v) is 4.78. The second-order valence-electron chi connectivity index (χ2n) is 4.38. The van der Waals surface area contributed by atoms with Gasteiger partial charge >= 0.3 is 0 Å². The third kappa shape index (κ3) is 2.85. The van der Waals surface area contributed by atoms with E-state index in [0.717, 1.165) is 28.2 Å². The largest absolute Gasteiger partial charge is 0.486 e. The van der Waals surface area contributed by atoms with Crippen LogP contribution in [-0.2, 0) is 6.54 Å². The third-order valence-corrected chi connectivity index (χ3v) is 3.45. The molecule has 5 heteroatoms. The summed E-state index contributed by atoms with van der Waals surface area (Å²) in [5.41, 5.74) is 8.68. The molecule has 0 bridgehead atoms. The van der Waals surface area contributed by atoms with Gasteiger partial charge in [0, 0.05) is 17.1 Å². The molecular weight excluding hydrogens is 297 g/mol. The number of fused-ring (bicyclic) bond motifs is 1. The van der Waals surface area contributed by atoms with Gasteiger partial charge in [-0.25, -0.2) is 0 Å². The molecule has 0 atom stereocenters. The zero-order valence-corrected chi connectivity index (χ0v) is 12.3. The van der Waals surface area contributed by atoms with Crippen LogP contribution in [0.1, 0.15) is 5.56 Å². The van der Waals surface area contributed by atoms with Crippen molar-refractivity contribution in [2.75, 3.05) is 13.2 Å². The first-order chi connectivity index (χ1) is 9.28. The first-order valence-electron chi connectivity index (χ1n) is 6.16. The molecule has 1 heterocycles. The molecule has 106 valence electrons. The highest BCUT2D eigenvalue weighted by Gasteiger charge is 2.13. The molecule has 3 rings (SSSR count). The summed E-state index contributed by atoms with van der Waals surface area (Å²) in [5.74, 6) is 1.54. The number of rotatable bonds is 2. The fourth-order valence-corrected chi connectivity index (χ4v) is 2.36. The Morgan fingerprint density at radius 2 is 1.75 bits per heavy atom. The molecule has 1 aliphatic heterocycles. The lowest BCUT2D eigenvalue weighted by Gasteiger charge is -2.19. The Morgan fingerprint density at radius 3 is 2.50 bits per heavy atom.